The van der Waals surface area contributed by atoms with Gasteiger partial charge >= 0.3 is 6.18 Å². The molecule has 1 saturated heterocycles. The number of halogens is 3. The molecular weight excluding hydrogens is 393 g/mol. The lowest BCUT2D eigenvalue weighted by Crippen LogP contribution is -3.16. The highest BCUT2D eigenvalue weighted by atomic mass is 19.4. The van der Waals surface area contributed by atoms with Crippen LogP contribution in [0.2, 0.25) is 0 Å². The van der Waals surface area contributed by atoms with Gasteiger partial charge in [0, 0.05) is 6.07 Å². The van der Waals surface area contributed by atoms with Gasteiger partial charge in [-0.1, -0.05) is 43.7 Å². The Morgan fingerprint density at radius 3 is 2.43 bits per heavy atom. The molecule has 1 fully saturated rings. The van der Waals surface area contributed by atoms with Gasteiger partial charge in [0.05, 0.1) is 11.6 Å². The zero-order valence-electron chi connectivity index (χ0n) is 17.1. The molecule has 5 nitrogen and oxygen atoms in total. The molecule has 0 bridgehead atoms. The van der Waals surface area contributed by atoms with E-state index < -0.39 is 11.7 Å². The van der Waals surface area contributed by atoms with Crippen LogP contribution in [0.15, 0.2) is 48.7 Å². The molecule has 0 unspecified atom stereocenters. The molecule has 1 aliphatic heterocycles. The number of aromatic nitrogens is 1. The van der Waals surface area contributed by atoms with Crippen LogP contribution >= 0.6 is 0 Å². The highest BCUT2D eigenvalue weighted by Crippen LogP contribution is 2.28. The van der Waals surface area contributed by atoms with E-state index in [0.29, 0.717) is 25.5 Å². The van der Waals surface area contributed by atoms with Gasteiger partial charge in [0.15, 0.2) is 6.54 Å². The predicted octanol–water partition coefficient (Wildman–Crippen LogP) is 1.88. The third-order valence-electron chi connectivity index (χ3n) is 5.46. The average Bonchev–Trinajstić information content (AvgIpc) is 2.74. The summed E-state index contributed by atoms with van der Waals surface area (Å²) in [5, 5.41) is 3.16. The number of H-pyrrole nitrogens is 1. The number of benzene rings is 1. The first-order valence-corrected chi connectivity index (χ1v) is 10.4. The Bertz CT molecular complexity index is 803. The van der Waals surface area contributed by atoms with Crippen LogP contribution in [0.5, 0.6) is 0 Å². The zero-order valence-corrected chi connectivity index (χ0v) is 17.1. The van der Waals surface area contributed by atoms with Crippen molar-refractivity contribution < 1.29 is 27.8 Å². The van der Waals surface area contributed by atoms with E-state index in [2.05, 4.69) is 17.2 Å². The van der Waals surface area contributed by atoms with Crippen LogP contribution in [-0.4, -0.2) is 38.6 Å². The Balaban J connectivity index is 1.49. The van der Waals surface area contributed by atoms with E-state index in [9.17, 15) is 18.0 Å². The van der Waals surface area contributed by atoms with Crippen molar-refractivity contribution in [2.45, 2.75) is 32.0 Å². The molecule has 0 spiro atoms. The van der Waals surface area contributed by atoms with Gasteiger partial charge in [-0.2, -0.15) is 13.2 Å². The first kappa shape index (κ1) is 22.1. The van der Waals surface area contributed by atoms with Crippen molar-refractivity contribution in [3.05, 3.63) is 59.8 Å². The number of rotatable bonds is 7. The molecule has 30 heavy (non-hydrogen) atoms. The number of carbonyl (C=O) groups is 1. The lowest BCUT2D eigenvalue weighted by molar-refractivity contribution is -0.892. The number of nitrogens with one attached hydrogen (secondary N) is 3. The van der Waals surface area contributed by atoms with Crippen LogP contribution < -0.4 is 20.1 Å². The number of alkyl halides is 3. The summed E-state index contributed by atoms with van der Waals surface area (Å²) >= 11 is 0. The molecule has 1 aromatic carbocycles. The van der Waals surface area contributed by atoms with Gasteiger partial charge in [0.2, 0.25) is 0 Å². The average molecular weight is 422 g/mol. The number of hydrogen-bond acceptors (Lipinski definition) is 2. The number of aromatic amines is 1. The third kappa shape index (κ3) is 5.95. The topological polar surface area (TPSA) is 50.9 Å². The number of hydrogen-bond donors (Lipinski definition) is 2. The van der Waals surface area contributed by atoms with Crippen LogP contribution in [0, 0.1) is 0 Å². The lowest BCUT2D eigenvalue weighted by Gasteiger charge is -2.28. The van der Waals surface area contributed by atoms with Crippen molar-refractivity contribution in [2.24, 2.45) is 0 Å². The third-order valence-corrected chi connectivity index (χ3v) is 5.46. The fraction of sp³-hybridized carbons (Fsp3) is 0.455. The molecule has 0 saturated carbocycles. The summed E-state index contributed by atoms with van der Waals surface area (Å²) in [5.74, 6) is 0.695. The van der Waals surface area contributed by atoms with E-state index >= 15 is 0 Å². The van der Waals surface area contributed by atoms with Crippen LogP contribution in [0.1, 0.15) is 36.9 Å². The molecule has 0 radical (unpaired) electrons. The molecule has 2 heterocycles. The van der Waals surface area contributed by atoms with E-state index in [-0.39, 0.29) is 11.9 Å². The van der Waals surface area contributed by atoms with Crippen LogP contribution in [0.4, 0.5) is 19.0 Å². The Morgan fingerprint density at radius 1 is 1.17 bits per heavy atom. The van der Waals surface area contributed by atoms with Crippen molar-refractivity contribution >= 4 is 11.7 Å². The maximum absolute atomic E-state index is 12.7. The maximum atomic E-state index is 12.7. The zero-order chi connectivity index (χ0) is 21.6. The molecule has 1 amide bonds. The standard InChI is InChI=1S/C22H27F3N4O/c1-2-6-19(17-7-4-3-5-8-17)27-21(30)16-28-11-13-29(14-12-28)20-10-9-18(15-26-20)22(23,24)25/h3-5,7-10,15,19H,2,6,11-14,16H2,1H3,(H,27,30)/p+2/t19-/m0/s1. The fourth-order valence-corrected chi connectivity index (χ4v) is 3.80. The van der Waals surface area contributed by atoms with Gasteiger partial charge in [0.25, 0.3) is 11.7 Å². The number of amides is 1. The van der Waals surface area contributed by atoms with Gasteiger partial charge in [0.1, 0.15) is 32.4 Å². The summed E-state index contributed by atoms with van der Waals surface area (Å²) in [4.78, 5) is 18.5. The van der Waals surface area contributed by atoms with Crippen molar-refractivity contribution in [3.63, 3.8) is 0 Å². The van der Waals surface area contributed by atoms with E-state index in [0.717, 1.165) is 43.8 Å². The second-order valence-corrected chi connectivity index (χ2v) is 7.69. The number of carbonyl (C=O) groups excluding carboxylic acids is 1. The van der Waals surface area contributed by atoms with E-state index in [4.69, 9.17) is 0 Å². The van der Waals surface area contributed by atoms with Crippen molar-refractivity contribution in [3.8, 4) is 0 Å². The van der Waals surface area contributed by atoms with Gasteiger partial charge in [-0.3, -0.25) is 9.69 Å². The quantitative estimate of drug-likeness (QED) is 0.716. The number of nitrogens with zero attached hydrogens (tertiary/aromatic N) is 1. The maximum Gasteiger partial charge on any atom is 0.419 e. The number of piperazine rings is 1. The highest BCUT2D eigenvalue weighted by molar-refractivity contribution is 5.77. The Kier molecular flexibility index (Phi) is 7.31. The molecule has 0 aliphatic carbocycles. The molecule has 1 aromatic heterocycles. The normalized spacial score (nSPS) is 16.3. The highest BCUT2D eigenvalue weighted by Gasteiger charge is 2.33. The second kappa shape index (κ2) is 9.93. The first-order valence-electron chi connectivity index (χ1n) is 10.4. The largest absolute Gasteiger partial charge is 0.419 e. The van der Waals surface area contributed by atoms with Gasteiger partial charge in [-0.05, 0) is 18.1 Å². The molecule has 3 rings (SSSR count). The minimum atomic E-state index is -4.35. The Hall–Kier alpha value is -2.61. The Labute approximate surface area is 174 Å². The van der Waals surface area contributed by atoms with Gasteiger partial charge in [-0.25, -0.2) is 4.98 Å². The number of anilines is 1. The van der Waals surface area contributed by atoms with Crippen LogP contribution in [-0.2, 0) is 11.0 Å². The molecule has 8 heteroatoms. The number of quaternary nitrogens is 1. The lowest BCUT2D eigenvalue weighted by atomic mass is 10.0. The monoisotopic (exact) mass is 422 g/mol. The summed E-state index contributed by atoms with van der Waals surface area (Å²) in [6, 6.07) is 12.6. The van der Waals surface area contributed by atoms with Gasteiger partial charge < -0.3 is 10.2 Å². The van der Waals surface area contributed by atoms with E-state index in [1.807, 2.05) is 35.2 Å². The molecule has 2 aromatic rings. The van der Waals surface area contributed by atoms with Crippen LogP contribution in [0.25, 0.3) is 0 Å². The smallest absolute Gasteiger partial charge is 0.344 e. The fourth-order valence-electron chi connectivity index (χ4n) is 3.80. The van der Waals surface area contributed by atoms with Crippen molar-refractivity contribution in [1.82, 2.24) is 5.32 Å². The van der Waals surface area contributed by atoms with Crippen molar-refractivity contribution in [2.75, 3.05) is 37.6 Å². The summed E-state index contributed by atoms with van der Waals surface area (Å²) in [7, 11) is 0. The van der Waals surface area contributed by atoms with Crippen molar-refractivity contribution in [1.29, 1.82) is 0 Å². The summed E-state index contributed by atoms with van der Waals surface area (Å²) in [6.07, 6.45) is -1.47. The second-order valence-electron chi connectivity index (χ2n) is 7.69. The number of pyridine rings is 1. The van der Waals surface area contributed by atoms with E-state index in [1.54, 1.807) is 0 Å². The summed E-state index contributed by atoms with van der Waals surface area (Å²) in [5.41, 5.74) is 0.428. The summed E-state index contributed by atoms with van der Waals surface area (Å²) in [6.45, 7) is 5.38. The Morgan fingerprint density at radius 2 is 1.87 bits per heavy atom. The minimum Gasteiger partial charge on any atom is -0.344 e. The van der Waals surface area contributed by atoms with Crippen LogP contribution in [0.3, 0.4) is 0 Å². The van der Waals surface area contributed by atoms with Gasteiger partial charge in [-0.15, -0.1) is 0 Å². The van der Waals surface area contributed by atoms with E-state index in [1.165, 1.54) is 11.0 Å². The SMILES string of the molecule is CCC[C@H](NC(=O)C[NH+]1CCN(c2ccc(C(F)(F)F)c[nH+]2)CC1)c1ccccc1. The molecule has 1 aliphatic rings. The molecule has 3 N–H and O–H groups in total. The summed E-state index contributed by atoms with van der Waals surface area (Å²) < 4.78 is 38.1. The molecule has 162 valence electrons. The molecule has 1 atom stereocenters. The predicted molar refractivity (Wildman–Crippen MR) is 108 cm³/mol. The molecular formula is C22H29F3N4O+2. The minimum absolute atomic E-state index is 0.0196. The first-order chi connectivity index (χ1) is 14.4.